The third-order valence-corrected chi connectivity index (χ3v) is 4.97. The molecule has 0 radical (unpaired) electrons. The van der Waals surface area contributed by atoms with E-state index in [2.05, 4.69) is 15.6 Å². The molecule has 1 heterocycles. The van der Waals surface area contributed by atoms with Gasteiger partial charge in [-0.15, -0.1) is 11.3 Å². The maximum Gasteiger partial charge on any atom is 0.273 e. The second kappa shape index (κ2) is 12.1. The van der Waals surface area contributed by atoms with Crippen molar-refractivity contribution in [3.8, 4) is 5.75 Å². The predicted octanol–water partition coefficient (Wildman–Crippen LogP) is 3.15. The molecule has 2 amide bonds. The highest BCUT2D eigenvalue weighted by atomic mass is 32.1. The standard InChI is InChI=1S/C21H30N4O4S/c1-15(2)13-22-19(26)8-9-25(10-11-28-3)20(27)18-14-30-21(24-18)23-16-6-5-7-17(12-16)29-4/h5-7,12,14-15H,8-11,13H2,1-4H3,(H,22,26)(H,23,24). The summed E-state index contributed by atoms with van der Waals surface area (Å²) in [6, 6.07) is 7.47. The van der Waals surface area contributed by atoms with Crippen LogP contribution in [0.3, 0.4) is 0 Å². The maximum atomic E-state index is 12.9. The van der Waals surface area contributed by atoms with Crippen molar-refractivity contribution in [2.75, 3.05) is 45.8 Å². The van der Waals surface area contributed by atoms with Gasteiger partial charge < -0.3 is 25.0 Å². The van der Waals surface area contributed by atoms with Gasteiger partial charge in [-0.2, -0.15) is 0 Å². The lowest BCUT2D eigenvalue weighted by molar-refractivity contribution is -0.121. The van der Waals surface area contributed by atoms with Crippen LogP contribution in [0.1, 0.15) is 30.8 Å². The molecule has 0 unspecified atom stereocenters. The summed E-state index contributed by atoms with van der Waals surface area (Å²) in [6.45, 7) is 5.78. The number of benzene rings is 1. The molecule has 2 N–H and O–H groups in total. The van der Waals surface area contributed by atoms with Crippen molar-refractivity contribution in [2.24, 2.45) is 5.92 Å². The van der Waals surface area contributed by atoms with Gasteiger partial charge in [-0.05, 0) is 18.1 Å². The van der Waals surface area contributed by atoms with Crippen molar-refractivity contribution in [3.05, 3.63) is 35.3 Å². The molecule has 0 spiro atoms. The molecule has 8 nitrogen and oxygen atoms in total. The number of amides is 2. The van der Waals surface area contributed by atoms with Crippen molar-refractivity contribution in [2.45, 2.75) is 20.3 Å². The van der Waals surface area contributed by atoms with Crippen molar-refractivity contribution in [3.63, 3.8) is 0 Å². The molecule has 1 aromatic heterocycles. The summed E-state index contributed by atoms with van der Waals surface area (Å²) in [5.74, 6) is 0.816. The van der Waals surface area contributed by atoms with E-state index >= 15 is 0 Å². The van der Waals surface area contributed by atoms with E-state index in [1.165, 1.54) is 11.3 Å². The van der Waals surface area contributed by atoms with Crippen molar-refractivity contribution < 1.29 is 19.1 Å². The first kappa shape index (κ1) is 23.6. The number of hydrogen-bond acceptors (Lipinski definition) is 7. The second-order valence-electron chi connectivity index (χ2n) is 7.13. The third-order valence-electron chi connectivity index (χ3n) is 4.21. The average molecular weight is 435 g/mol. The van der Waals surface area contributed by atoms with Crippen molar-refractivity contribution in [1.29, 1.82) is 0 Å². The Morgan fingerprint density at radius 3 is 2.73 bits per heavy atom. The molecule has 1 aromatic carbocycles. The summed E-state index contributed by atoms with van der Waals surface area (Å²) < 4.78 is 10.3. The Balaban J connectivity index is 2.00. The molecule has 0 fully saturated rings. The lowest BCUT2D eigenvalue weighted by Gasteiger charge is -2.21. The number of thiazole rings is 1. The summed E-state index contributed by atoms with van der Waals surface area (Å²) in [5.41, 5.74) is 1.16. The number of rotatable bonds is 12. The monoisotopic (exact) mass is 434 g/mol. The first-order chi connectivity index (χ1) is 14.4. The molecule has 0 saturated carbocycles. The number of nitrogens with zero attached hydrogens (tertiary/aromatic N) is 2. The van der Waals surface area contributed by atoms with Gasteiger partial charge >= 0.3 is 0 Å². The van der Waals surface area contributed by atoms with E-state index in [9.17, 15) is 9.59 Å². The van der Waals surface area contributed by atoms with E-state index in [0.29, 0.717) is 43.0 Å². The van der Waals surface area contributed by atoms with Crippen LogP contribution < -0.4 is 15.4 Å². The quantitative estimate of drug-likeness (QED) is 0.533. The molecule has 164 valence electrons. The molecule has 0 aliphatic heterocycles. The molecule has 2 rings (SSSR count). The molecule has 2 aromatic rings. The number of methoxy groups -OCH3 is 2. The predicted molar refractivity (Wildman–Crippen MR) is 119 cm³/mol. The smallest absolute Gasteiger partial charge is 0.273 e. The van der Waals surface area contributed by atoms with E-state index in [1.807, 2.05) is 38.1 Å². The zero-order valence-corrected chi connectivity index (χ0v) is 18.8. The molecule has 9 heteroatoms. The zero-order valence-electron chi connectivity index (χ0n) is 17.9. The van der Waals surface area contributed by atoms with E-state index in [4.69, 9.17) is 9.47 Å². The summed E-state index contributed by atoms with van der Waals surface area (Å²) >= 11 is 1.34. The highest BCUT2D eigenvalue weighted by Gasteiger charge is 2.20. The van der Waals surface area contributed by atoms with Gasteiger partial charge in [0, 0.05) is 50.3 Å². The molecular formula is C21H30N4O4S. The summed E-state index contributed by atoms with van der Waals surface area (Å²) in [5, 5.41) is 8.37. The number of anilines is 2. The Morgan fingerprint density at radius 1 is 1.23 bits per heavy atom. The van der Waals surface area contributed by atoms with Crippen LogP contribution in [0.2, 0.25) is 0 Å². The summed E-state index contributed by atoms with van der Waals surface area (Å²) in [6.07, 6.45) is 0.237. The van der Waals surface area contributed by atoms with Crippen LogP contribution in [0, 0.1) is 5.92 Å². The lowest BCUT2D eigenvalue weighted by atomic mass is 10.2. The second-order valence-corrected chi connectivity index (χ2v) is 7.99. The van der Waals surface area contributed by atoms with Gasteiger partial charge in [0.15, 0.2) is 5.13 Å². The zero-order chi connectivity index (χ0) is 21.9. The van der Waals surface area contributed by atoms with Gasteiger partial charge in [0.1, 0.15) is 11.4 Å². The summed E-state index contributed by atoms with van der Waals surface area (Å²) in [7, 11) is 3.19. The van der Waals surface area contributed by atoms with Crippen LogP contribution in [0.5, 0.6) is 5.75 Å². The number of aromatic nitrogens is 1. The number of hydrogen-bond donors (Lipinski definition) is 2. The Bertz CT molecular complexity index is 825. The van der Waals surface area contributed by atoms with E-state index in [1.54, 1.807) is 24.5 Å². The Hall–Kier alpha value is -2.65. The topological polar surface area (TPSA) is 92.8 Å². The molecule has 0 saturated heterocycles. The largest absolute Gasteiger partial charge is 0.497 e. The molecule has 30 heavy (non-hydrogen) atoms. The maximum absolute atomic E-state index is 12.9. The van der Waals surface area contributed by atoms with E-state index < -0.39 is 0 Å². The fraction of sp³-hybridized carbons (Fsp3) is 0.476. The normalized spacial score (nSPS) is 10.7. The molecule has 0 aliphatic rings. The number of carbonyl (C=O) groups is 2. The number of ether oxygens (including phenoxy) is 2. The van der Waals surface area contributed by atoms with Gasteiger partial charge in [-0.1, -0.05) is 19.9 Å². The number of nitrogens with one attached hydrogen (secondary N) is 2. The van der Waals surface area contributed by atoms with Crippen LogP contribution in [0.15, 0.2) is 29.6 Å². The van der Waals surface area contributed by atoms with E-state index in [0.717, 1.165) is 11.4 Å². The minimum Gasteiger partial charge on any atom is -0.497 e. The minimum absolute atomic E-state index is 0.0717. The van der Waals surface area contributed by atoms with Crippen LogP contribution >= 0.6 is 11.3 Å². The minimum atomic E-state index is -0.223. The van der Waals surface area contributed by atoms with Crippen molar-refractivity contribution >= 4 is 34.0 Å². The van der Waals surface area contributed by atoms with Gasteiger partial charge in [0.25, 0.3) is 5.91 Å². The molecule has 0 atom stereocenters. The van der Waals surface area contributed by atoms with Crippen molar-refractivity contribution in [1.82, 2.24) is 15.2 Å². The number of carbonyl (C=O) groups excluding carboxylic acids is 2. The average Bonchev–Trinajstić information content (AvgIpc) is 3.20. The fourth-order valence-corrected chi connectivity index (χ4v) is 3.28. The Morgan fingerprint density at radius 2 is 2.03 bits per heavy atom. The van der Waals surface area contributed by atoms with Gasteiger partial charge in [0.2, 0.25) is 5.91 Å². The van der Waals surface area contributed by atoms with Gasteiger partial charge in [0.05, 0.1) is 13.7 Å². The van der Waals surface area contributed by atoms with E-state index in [-0.39, 0.29) is 18.2 Å². The molecular weight excluding hydrogens is 404 g/mol. The first-order valence-electron chi connectivity index (χ1n) is 9.84. The molecule has 0 bridgehead atoms. The highest BCUT2D eigenvalue weighted by molar-refractivity contribution is 7.14. The Labute approximate surface area is 181 Å². The lowest BCUT2D eigenvalue weighted by Crippen LogP contribution is -2.38. The van der Waals surface area contributed by atoms with Crippen LogP contribution in [-0.4, -0.2) is 62.2 Å². The van der Waals surface area contributed by atoms with Gasteiger partial charge in [-0.3, -0.25) is 9.59 Å². The summed E-state index contributed by atoms with van der Waals surface area (Å²) in [4.78, 5) is 31.0. The third kappa shape index (κ3) is 7.64. The first-order valence-corrected chi connectivity index (χ1v) is 10.7. The Kier molecular flexibility index (Phi) is 9.56. The van der Waals surface area contributed by atoms with Crippen LogP contribution in [0.25, 0.3) is 0 Å². The van der Waals surface area contributed by atoms with Crippen LogP contribution in [-0.2, 0) is 9.53 Å². The fourth-order valence-electron chi connectivity index (χ4n) is 2.57. The van der Waals surface area contributed by atoms with Gasteiger partial charge in [-0.25, -0.2) is 4.98 Å². The SMILES string of the molecule is COCCN(CCC(=O)NCC(C)C)C(=O)c1csc(Nc2cccc(OC)c2)n1. The van der Waals surface area contributed by atoms with Crippen LogP contribution in [0.4, 0.5) is 10.8 Å². The molecule has 0 aliphatic carbocycles. The highest BCUT2D eigenvalue weighted by Crippen LogP contribution is 2.24.